The Hall–Kier alpha value is -0.910. The van der Waals surface area contributed by atoms with E-state index in [1.54, 1.807) is 0 Å². The fraction of sp³-hybridized carbons (Fsp3) is 0.727. The summed E-state index contributed by atoms with van der Waals surface area (Å²) in [6, 6.07) is 2.28. The first-order valence-electron chi connectivity index (χ1n) is 5.57. The average Bonchev–Trinajstić information content (AvgIpc) is 2.67. The molecule has 0 radical (unpaired) electrons. The highest BCUT2D eigenvalue weighted by atomic mass is 16.5. The van der Waals surface area contributed by atoms with Gasteiger partial charge in [-0.3, -0.25) is 4.90 Å². The summed E-state index contributed by atoms with van der Waals surface area (Å²) in [4.78, 5) is 2.24. The minimum Gasteiger partial charge on any atom is -0.394 e. The minimum absolute atomic E-state index is 0.0681. The fourth-order valence-electron chi connectivity index (χ4n) is 1.90. The topological polar surface area (TPSA) is 58.7 Å². The number of ether oxygens (including phenoxy) is 1. The SMILES string of the molecule is Cc1cc(CN2CC(CO)OCC2C)on1. The summed E-state index contributed by atoms with van der Waals surface area (Å²) >= 11 is 0. The largest absolute Gasteiger partial charge is 0.394 e. The molecule has 1 saturated heterocycles. The van der Waals surface area contributed by atoms with Crippen molar-refractivity contribution in [1.82, 2.24) is 10.1 Å². The molecule has 2 heterocycles. The molecule has 0 aromatic carbocycles. The summed E-state index contributed by atoms with van der Waals surface area (Å²) in [5, 5.41) is 12.9. The molecule has 1 aliphatic heterocycles. The smallest absolute Gasteiger partial charge is 0.150 e. The molecule has 1 aromatic rings. The Kier molecular flexibility index (Phi) is 3.58. The summed E-state index contributed by atoms with van der Waals surface area (Å²) in [7, 11) is 0. The van der Waals surface area contributed by atoms with Crippen LogP contribution in [0.2, 0.25) is 0 Å². The highest BCUT2D eigenvalue weighted by Crippen LogP contribution is 2.15. The summed E-state index contributed by atoms with van der Waals surface area (Å²) in [6.45, 7) is 6.19. The van der Waals surface area contributed by atoms with Crippen molar-refractivity contribution in [2.75, 3.05) is 19.8 Å². The third-order valence-corrected chi connectivity index (χ3v) is 2.87. The van der Waals surface area contributed by atoms with E-state index in [1.165, 1.54) is 0 Å². The van der Waals surface area contributed by atoms with E-state index in [1.807, 2.05) is 13.0 Å². The predicted octanol–water partition coefficient (Wildman–Crippen LogP) is 0.565. The molecular formula is C11H18N2O3. The second-order valence-electron chi connectivity index (χ2n) is 4.35. The van der Waals surface area contributed by atoms with Crippen molar-refractivity contribution in [3.05, 3.63) is 17.5 Å². The highest BCUT2D eigenvalue weighted by Gasteiger charge is 2.26. The third-order valence-electron chi connectivity index (χ3n) is 2.87. The van der Waals surface area contributed by atoms with E-state index in [2.05, 4.69) is 17.0 Å². The van der Waals surface area contributed by atoms with Crippen molar-refractivity contribution in [3.63, 3.8) is 0 Å². The first-order valence-corrected chi connectivity index (χ1v) is 5.57. The van der Waals surface area contributed by atoms with Crippen LogP contribution < -0.4 is 0 Å². The van der Waals surface area contributed by atoms with Gasteiger partial charge in [0.25, 0.3) is 0 Å². The Morgan fingerprint density at radius 2 is 2.44 bits per heavy atom. The second kappa shape index (κ2) is 4.95. The van der Waals surface area contributed by atoms with Crippen LogP contribution in [0.25, 0.3) is 0 Å². The van der Waals surface area contributed by atoms with Gasteiger partial charge >= 0.3 is 0 Å². The van der Waals surface area contributed by atoms with E-state index in [0.717, 1.165) is 24.5 Å². The summed E-state index contributed by atoms with van der Waals surface area (Å²) in [5.41, 5.74) is 0.898. The molecule has 0 spiro atoms. The highest BCUT2D eigenvalue weighted by molar-refractivity contribution is 5.03. The summed E-state index contributed by atoms with van der Waals surface area (Å²) in [6.07, 6.45) is -0.0831. The minimum atomic E-state index is -0.0831. The first kappa shape index (κ1) is 11.6. The first-order chi connectivity index (χ1) is 7.69. The Morgan fingerprint density at radius 1 is 1.62 bits per heavy atom. The van der Waals surface area contributed by atoms with Crippen LogP contribution in [0.1, 0.15) is 18.4 Å². The molecule has 0 saturated carbocycles. The number of nitrogens with zero attached hydrogens (tertiary/aromatic N) is 2. The van der Waals surface area contributed by atoms with Gasteiger partial charge in [0, 0.05) is 18.7 Å². The Morgan fingerprint density at radius 3 is 3.06 bits per heavy atom. The molecule has 1 N–H and O–H groups in total. The molecule has 5 heteroatoms. The van der Waals surface area contributed by atoms with Crippen molar-refractivity contribution in [2.45, 2.75) is 32.5 Å². The fourth-order valence-corrected chi connectivity index (χ4v) is 1.90. The van der Waals surface area contributed by atoms with Gasteiger partial charge in [-0.1, -0.05) is 5.16 Å². The van der Waals surface area contributed by atoms with Crippen LogP contribution in [0.5, 0.6) is 0 Å². The molecule has 5 nitrogen and oxygen atoms in total. The van der Waals surface area contributed by atoms with Crippen molar-refractivity contribution >= 4 is 0 Å². The zero-order valence-corrected chi connectivity index (χ0v) is 9.72. The zero-order valence-electron chi connectivity index (χ0n) is 9.72. The summed E-state index contributed by atoms with van der Waals surface area (Å²) < 4.78 is 10.7. The second-order valence-corrected chi connectivity index (χ2v) is 4.35. The van der Waals surface area contributed by atoms with Crippen LogP contribution in [-0.4, -0.2) is 47.1 Å². The van der Waals surface area contributed by atoms with E-state index >= 15 is 0 Å². The Balaban J connectivity index is 1.96. The standard InChI is InChI=1S/C11H18N2O3/c1-8-3-10(16-12-8)4-13-5-11(6-14)15-7-9(13)2/h3,9,11,14H,4-7H2,1-2H3. The van der Waals surface area contributed by atoms with E-state index in [9.17, 15) is 0 Å². The van der Waals surface area contributed by atoms with Crippen molar-refractivity contribution in [3.8, 4) is 0 Å². The zero-order chi connectivity index (χ0) is 11.5. The lowest BCUT2D eigenvalue weighted by Gasteiger charge is -2.36. The molecule has 2 rings (SSSR count). The van der Waals surface area contributed by atoms with Gasteiger partial charge in [-0.05, 0) is 13.8 Å². The number of rotatable bonds is 3. The average molecular weight is 226 g/mol. The van der Waals surface area contributed by atoms with Gasteiger partial charge in [0.05, 0.1) is 31.6 Å². The van der Waals surface area contributed by atoms with Gasteiger partial charge < -0.3 is 14.4 Å². The molecule has 1 aliphatic rings. The van der Waals surface area contributed by atoms with E-state index < -0.39 is 0 Å². The molecule has 0 bridgehead atoms. The molecular weight excluding hydrogens is 208 g/mol. The Bertz CT molecular complexity index is 340. The van der Waals surface area contributed by atoms with E-state index in [4.69, 9.17) is 14.4 Å². The molecule has 1 fully saturated rings. The van der Waals surface area contributed by atoms with Crippen LogP contribution in [0.3, 0.4) is 0 Å². The number of aryl methyl sites for hydroxylation is 1. The van der Waals surface area contributed by atoms with Crippen LogP contribution in [0.15, 0.2) is 10.6 Å². The number of aliphatic hydroxyl groups is 1. The van der Waals surface area contributed by atoms with Crippen LogP contribution >= 0.6 is 0 Å². The predicted molar refractivity (Wildman–Crippen MR) is 57.9 cm³/mol. The quantitative estimate of drug-likeness (QED) is 0.816. The van der Waals surface area contributed by atoms with E-state index in [-0.39, 0.29) is 12.7 Å². The molecule has 16 heavy (non-hydrogen) atoms. The maximum atomic E-state index is 9.08. The number of aliphatic hydroxyl groups excluding tert-OH is 1. The molecule has 0 amide bonds. The van der Waals surface area contributed by atoms with Gasteiger partial charge in [-0.15, -0.1) is 0 Å². The molecule has 90 valence electrons. The molecule has 2 unspecified atom stereocenters. The molecule has 0 aliphatic carbocycles. The number of hydrogen-bond acceptors (Lipinski definition) is 5. The van der Waals surface area contributed by atoms with Crippen molar-refractivity contribution in [2.24, 2.45) is 0 Å². The Labute approximate surface area is 95.0 Å². The normalized spacial score (nSPS) is 27.2. The molecule has 2 atom stereocenters. The van der Waals surface area contributed by atoms with Crippen molar-refractivity contribution < 1.29 is 14.4 Å². The number of aromatic nitrogens is 1. The van der Waals surface area contributed by atoms with Crippen molar-refractivity contribution in [1.29, 1.82) is 0 Å². The van der Waals surface area contributed by atoms with E-state index in [0.29, 0.717) is 12.6 Å². The lowest BCUT2D eigenvalue weighted by Crippen LogP contribution is -2.48. The summed E-state index contributed by atoms with van der Waals surface area (Å²) in [5.74, 6) is 0.864. The van der Waals surface area contributed by atoms with Gasteiger partial charge in [0.15, 0.2) is 5.76 Å². The number of hydrogen-bond donors (Lipinski definition) is 1. The van der Waals surface area contributed by atoms with Gasteiger partial charge in [0.2, 0.25) is 0 Å². The van der Waals surface area contributed by atoms with Gasteiger partial charge in [-0.2, -0.15) is 0 Å². The molecule has 1 aromatic heterocycles. The third kappa shape index (κ3) is 2.61. The monoisotopic (exact) mass is 226 g/mol. The number of morpholine rings is 1. The lowest BCUT2D eigenvalue weighted by molar-refractivity contribution is -0.0823. The van der Waals surface area contributed by atoms with Crippen LogP contribution in [0, 0.1) is 6.92 Å². The lowest BCUT2D eigenvalue weighted by atomic mass is 10.2. The maximum absolute atomic E-state index is 9.08. The van der Waals surface area contributed by atoms with Gasteiger partial charge in [0.1, 0.15) is 0 Å². The van der Waals surface area contributed by atoms with Gasteiger partial charge in [-0.25, -0.2) is 0 Å². The van der Waals surface area contributed by atoms with Crippen LogP contribution in [-0.2, 0) is 11.3 Å². The van der Waals surface area contributed by atoms with Crippen LogP contribution in [0.4, 0.5) is 0 Å². The maximum Gasteiger partial charge on any atom is 0.150 e.